The van der Waals surface area contributed by atoms with Gasteiger partial charge in [-0.3, -0.25) is 4.79 Å². The summed E-state index contributed by atoms with van der Waals surface area (Å²) in [6, 6.07) is 2.93. The fraction of sp³-hybridized carbons (Fsp3) is 0.538. The van der Waals surface area contributed by atoms with Gasteiger partial charge in [0.15, 0.2) is 11.5 Å². The van der Waals surface area contributed by atoms with Crippen LogP contribution >= 0.6 is 0 Å². The Kier molecular flexibility index (Phi) is 3.91. The molecule has 0 N–H and O–H groups in total. The monoisotopic (exact) mass is 251 g/mol. The summed E-state index contributed by atoms with van der Waals surface area (Å²) in [4.78, 5) is 19.8. The topological polar surface area (TPSA) is 36.4 Å². The Bertz CT molecular complexity index is 430. The first-order valence-corrected chi connectivity index (χ1v) is 6.16. The second-order valence-electron chi connectivity index (χ2n) is 4.78. The number of carbonyl (C=O) groups excluding carboxylic acids is 1. The van der Waals surface area contributed by atoms with Gasteiger partial charge in [-0.25, -0.2) is 9.37 Å². The van der Waals surface area contributed by atoms with Crippen molar-refractivity contribution in [1.82, 2.24) is 14.8 Å². The van der Waals surface area contributed by atoms with Gasteiger partial charge in [0.05, 0.1) is 0 Å². The Hall–Kier alpha value is -1.49. The van der Waals surface area contributed by atoms with Gasteiger partial charge in [0.25, 0.3) is 5.91 Å². The van der Waals surface area contributed by atoms with Crippen LogP contribution in [-0.4, -0.2) is 53.9 Å². The first-order chi connectivity index (χ1) is 8.59. The van der Waals surface area contributed by atoms with Crippen LogP contribution in [0.5, 0.6) is 0 Å². The molecule has 2 rings (SSSR count). The van der Waals surface area contributed by atoms with Gasteiger partial charge in [-0.2, -0.15) is 0 Å². The van der Waals surface area contributed by atoms with Gasteiger partial charge in [-0.1, -0.05) is 0 Å². The smallest absolute Gasteiger partial charge is 0.275 e. The summed E-state index contributed by atoms with van der Waals surface area (Å²) in [5.74, 6) is -0.884. The van der Waals surface area contributed by atoms with Crippen molar-refractivity contribution in [2.24, 2.45) is 0 Å². The highest BCUT2D eigenvalue weighted by Crippen LogP contribution is 2.16. The molecule has 98 valence electrons. The van der Waals surface area contributed by atoms with Gasteiger partial charge in [0.1, 0.15) is 0 Å². The van der Waals surface area contributed by atoms with Crippen molar-refractivity contribution in [3.8, 4) is 0 Å². The molecule has 18 heavy (non-hydrogen) atoms. The predicted molar refractivity (Wildman–Crippen MR) is 66.8 cm³/mol. The summed E-state index contributed by atoms with van der Waals surface area (Å²) in [6.07, 6.45) is 3.29. The summed E-state index contributed by atoms with van der Waals surface area (Å²) >= 11 is 0. The number of pyridine rings is 1. The molecule has 0 saturated carbocycles. The molecule has 1 amide bonds. The number of carbonyl (C=O) groups is 1. The molecular formula is C13H18FN3O. The van der Waals surface area contributed by atoms with E-state index in [1.807, 2.05) is 0 Å². The maximum absolute atomic E-state index is 13.5. The summed E-state index contributed by atoms with van der Waals surface area (Å²) < 4.78 is 13.5. The van der Waals surface area contributed by atoms with Crippen LogP contribution in [0.15, 0.2) is 18.3 Å². The maximum atomic E-state index is 13.5. The molecule has 0 spiro atoms. The Labute approximate surface area is 106 Å². The zero-order chi connectivity index (χ0) is 13.1. The minimum Gasteiger partial charge on any atom is -0.337 e. The molecule has 0 unspecified atom stereocenters. The molecule has 2 heterocycles. The third-order valence-corrected chi connectivity index (χ3v) is 3.52. The van der Waals surface area contributed by atoms with Crippen LogP contribution < -0.4 is 0 Å². The van der Waals surface area contributed by atoms with Crippen molar-refractivity contribution < 1.29 is 9.18 Å². The Morgan fingerprint density at radius 1 is 1.50 bits per heavy atom. The molecule has 1 fully saturated rings. The third kappa shape index (κ3) is 2.67. The van der Waals surface area contributed by atoms with E-state index in [2.05, 4.69) is 16.9 Å². The van der Waals surface area contributed by atoms with E-state index in [1.165, 1.54) is 18.3 Å². The van der Waals surface area contributed by atoms with E-state index in [0.29, 0.717) is 0 Å². The first kappa shape index (κ1) is 13.0. The normalized spacial score (nSPS) is 17.7. The van der Waals surface area contributed by atoms with Gasteiger partial charge in [0, 0.05) is 19.3 Å². The number of likely N-dealkylation sites (tertiary alicyclic amines) is 1. The predicted octanol–water partition coefficient (Wildman–Crippen LogP) is 1.39. The molecule has 0 aromatic carbocycles. The average molecular weight is 251 g/mol. The lowest BCUT2D eigenvalue weighted by molar-refractivity contribution is 0.0648. The average Bonchev–Trinajstić information content (AvgIpc) is 2.38. The molecular weight excluding hydrogens is 233 g/mol. The largest absolute Gasteiger partial charge is 0.337 e. The molecule has 0 aliphatic carbocycles. The minimum atomic E-state index is -0.553. The summed E-state index contributed by atoms with van der Waals surface area (Å²) in [6.45, 7) is 1.93. The van der Waals surface area contributed by atoms with Crippen LogP contribution in [0.3, 0.4) is 0 Å². The SMILES string of the molecule is CN1CCC(N(C)C(=O)c2ncccc2F)CC1. The van der Waals surface area contributed by atoms with Crippen LogP contribution in [0, 0.1) is 5.82 Å². The molecule has 1 aliphatic heterocycles. The number of rotatable bonds is 2. The number of nitrogens with zero attached hydrogens (tertiary/aromatic N) is 3. The number of aromatic nitrogens is 1. The van der Waals surface area contributed by atoms with Crippen molar-refractivity contribution in [3.05, 3.63) is 29.8 Å². The second kappa shape index (κ2) is 5.44. The Morgan fingerprint density at radius 2 is 2.17 bits per heavy atom. The Balaban J connectivity index is 2.07. The highest BCUT2D eigenvalue weighted by atomic mass is 19.1. The van der Waals surface area contributed by atoms with E-state index in [1.54, 1.807) is 11.9 Å². The molecule has 0 bridgehead atoms. The van der Waals surface area contributed by atoms with Crippen molar-refractivity contribution in [2.45, 2.75) is 18.9 Å². The van der Waals surface area contributed by atoms with Crippen LogP contribution in [0.1, 0.15) is 23.3 Å². The van der Waals surface area contributed by atoms with Crippen LogP contribution in [0.25, 0.3) is 0 Å². The zero-order valence-corrected chi connectivity index (χ0v) is 10.8. The second-order valence-corrected chi connectivity index (χ2v) is 4.78. The minimum absolute atomic E-state index is 0.0843. The standard InChI is InChI=1S/C13H18FN3O/c1-16-8-5-10(6-9-16)17(2)13(18)12-11(14)4-3-7-15-12/h3-4,7,10H,5-6,8-9H2,1-2H3. The van der Waals surface area contributed by atoms with Gasteiger partial charge in [-0.05, 0) is 45.1 Å². The molecule has 1 aromatic heterocycles. The number of halogens is 1. The van der Waals surface area contributed by atoms with Crippen LogP contribution in [0.4, 0.5) is 4.39 Å². The maximum Gasteiger partial charge on any atom is 0.275 e. The van der Waals surface area contributed by atoms with E-state index in [-0.39, 0.29) is 17.6 Å². The molecule has 0 radical (unpaired) electrons. The highest BCUT2D eigenvalue weighted by molar-refractivity contribution is 5.92. The third-order valence-electron chi connectivity index (χ3n) is 3.52. The van der Waals surface area contributed by atoms with Crippen LogP contribution in [-0.2, 0) is 0 Å². The summed E-state index contributed by atoms with van der Waals surface area (Å²) in [5.41, 5.74) is -0.0843. The fourth-order valence-electron chi connectivity index (χ4n) is 2.26. The van der Waals surface area contributed by atoms with Gasteiger partial charge < -0.3 is 9.80 Å². The van der Waals surface area contributed by atoms with Crippen LogP contribution in [0.2, 0.25) is 0 Å². The first-order valence-electron chi connectivity index (χ1n) is 6.16. The van der Waals surface area contributed by atoms with Crippen molar-refractivity contribution in [2.75, 3.05) is 27.2 Å². The Morgan fingerprint density at radius 3 is 2.78 bits per heavy atom. The quantitative estimate of drug-likeness (QED) is 0.797. The lowest BCUT2D eigenvalue weighted by Crippen LogP contribution is -2.44. The molecule has 5 heteroatoms. The highest BCUT2D eigenvalue weighted by Gasteiger charge is 2.26. The van der Waals surface area contributed by atoms with Gasteiger partial charge >= 0.3 is 0 Å². The van der Waals surface area contributed by atoms with E-state index < -0.39 is 5.82 Å². The van der Waals surface area contributed by atoms with Crippen molar-refractivity contribution in [3.63, 3.8) is 0 Å². The van der Waals surface area contributed by atoms with E-state index in [9.17, 15) is 9.18 Å². The van der Waals surface area contributed by atoms with Gasteiger partial charge in [-0.15, -0.1) is 0 Å². The van der Waals surface area contributed by atoms with E-state index in [4.69, 9.17) is 0 Å². The summed E-state index contributed by atoms with van der Waals surface area (Å²) in [7, 11) is 3.79. The van der Waals surface area contributed by atoms with Crippen molar-refractivity contribution in [1.29, 1.82) is 0 Å². The van der Waals surface area contributed by atoms with E-state index in [0.717, 1.165) is 25.9 Å². The number of hydrogen-bond acceptors (Lipinski definition) is 3. The molecule has 1 saturated heterocycles. The fourth-order valence-corrected chi connectivity index (χ4v) is 2.26. The lowest BCUT2D eigenvalue weighted by atomic mass is 10.0. The lowest BCUT2D eigenvalue weighted by Gasteiger charge is -2.34. The summed E-state index contributed by atoms with van der Waals surface area (Å²) in [5, 5.41) is 0. The molecule has 0 atom stereocenters. The molecule has 1 aliphatic rings. The van der Waals surface area contributed by atoms with E-state index >= 15 is 0 Å². The number of amides is 1. The zero-order valence-electron chi connectivity index (χ0n) is 10.8. The molecule has 1 aromatic rings. The van der Waals surface area contributed by atoms with Gasteiger partial charge in [0.2, 0.25) is 0 Å². The number of piperidine rings is 1. The molecule has 4 nitrogen and oxygen atoms in total. The number of hydrogen-bond donors (Lipinski definition) is 0. The van der Waals surface area contributed by atoms with Crippen molar-refractivity contribution >= 4 is 5.91 Å².